The number of rotatable bonds is 3. The van der Waals surface area contributed by atoms with E-state index in [0.717, 1.165) is 0 Å². The highest BCUT2D eigenvalue weighted by molar-refractivity contribution is 5.99. The van der Waals surface area contributed by atoms with Crippen LogP contribution in [0.2, 0.25) is 0 Å². The molecule has 1 saturated carbocycles. The molecule has 1 aliphatic carbocycles. The first-order valence-corrected chi connectivity index (χ1v) is 5.60. The molecule has 0 spiro atoms. The van der Waals surface area contributed by atoms with E-state index < -0.39 is 17.7 Å². The first kappa shape index (κ1) is 12.5. The van der Waals surface area contributed by atoms with E-state index in [4.69, 9.17) is 5.26 Å². The van der Waals surface area contributed by atoms with E-state index in [-0.39, 0.29) is 11.5 Å². The maximum absolute atomic E-state index is 12.5. The first-order chi connectivity index (χ1) is 8.49. The number of benzene rings is 1. The van der Waals surface area contributed by atoms with Gasteiger partial charge in [0.2, 0.25) is 5.91 Å². The van der Waals surface area contributed by atoms with Crippen molar-refractivity contribution in [1.29, 1.82) is 5.26 Å². The van der Waals surface area contributed by atoms with Gasteiger partial charge in [-0.25, -0.2) is 8.78 Å². The zero-order chi connectivity index (χ0) is 13.3. The van der Waals surface area contributed by atoms with Gasteiger partial charge in [0.15, 0.2) is 0 Å². The van der Waals surface area contributed by atoms with Gasteiger partial charge in [0, 0.05) is 11.3 Å². The SMILES string of the molecule is C[C@@H]1C[C@@]1(C#N)C(=O)Nc1cccc(C(F)F)c1. The fourth-order valence-electron chi connectivity index (χ4n) is 1.94. The molecule has 5 heteroatoms. The molecule has 2 rings (SSSR count). The standard InChI is InChI=1S/C13H12F2N2O/c1-8-6-13(8,7-16)12(18)17-10-4-2-3-9(5-10)11(14)15/h2-5,8,11H,6H2,1H3,(H,17,18)/t8-,13+/m1/s1. The average molecular weight is 250 g/mol. The number of carbonyl (C=O) groups is 1. The zero-order valence-corrected chi connectivity index (χ0v) is 9.78. The van der Waals surface area contributed by atoms with Crippen molar-refractivity contribution in [1.82, 2.24) is 0 Å². The molecule has 1 N–H and O–H groups in total. The summed E-state index contributed by atoms with van der Waals surface area (Å²) >= 11 is 0. The lowest BCUT2D eigenvalue weighted by Crippen LogP contribution is -2.24. The molecule has 3 nitrogen and oxygen atoms in total. The number of hydrogen-bond acceptors (Lipinski definition) is 2. The van der Waals surface area contributed by atoms with E-state index in [1.165, 1.54) is 24.3 Å². The largest absolute Gasteiger partial charge is 0.325 e. The molecule has 1 aromatic rings. The van der Waals surface area contributed by atoms with Crippen LogP contribution in [0, 0.1) is 22.7 Å². The van der Waals surface area contributed by atoms with Crippen LogP contribution in [0.5, 0.6) is 0 Å². The van der Waals surface area contributed by atoms with Gasteiger partial charge in [0.25, 0.3) is 6.43 Å². The summed E-state index contributed by atoms with van der Waals surface area (Å²) < 4.78 is 25.0. The number of carbonyl (C=O) groups excluding carboxylic acids is 1. The third-order valence-corrected chi connectivity index (χ3v) is 3.31. The van der Waals surface area contributed by atoms with Crippen molar-refractivity contribution in [2.24, 2.45) is 11.3 Å². The Morgan fingerprint density at radius 2 is 2.28 bits per heavy atom. The lowest BCUT2D eigenvalue weighted by atomic mass is 10.1. The van der Waals surface area contributed by atoms with Crippen LogP contribution in [0.3, 0.4) is 0 Å². The molecule has 18 heavy (non-hydrogen) atoms. The van der Waals surface area contributed by atoms with Crippen molar-refractivity contribution in [2.45, 2.75) is 19.8 Å². The first-order valence-electron chi connectivity index (χ1n) is 5.60. The van der Waals surface area contributed by atoms with Crippen molar-refractivity contribution >= 4 is 11.6 Å². The number of nitriles is 1. The third kappa shape index (κ3) is 2.06. The smallest absolute Gasteiger partial charge is 0.263 e. The van der Waals surface area contributed by atoms with Crippen LogP contribution in [0.15, 0.2) is 24.3 Å². The summed E-state index contributed by atoms with van der Waals surface area (Å²) in [5.41, 5.74) is -0.838. The molecule has 0 heterocycles. The molecular formula is C13H12F2N2O. The van der Waals surface area contributed by atoms with Gasteiger partial charge in [-0.3, -0.25) is 4.79 Å². The molecule has 1 amide bonds. The molecule has 0 saturated heterocycles. The second kappa shape index (κ2) is 4.37. The van der Waals surface area contributed by atoms with Gasteiger partial charge in [-0.1, -0.05) is 19.1 Å². The Hall–Kier alpha value is -1.96. The normalized spacial score (nSPS) is 25.6. The molecule has 1 aliphatic rings. The minimum Gasteiger partial charge on any atom is -0.325 e. The minimum absolute atomic E-state index is 0.0146. The highest BCUT2D eigenvalue weighted by Gasteiger charge is 2.58. The van der Waals surface area contributed by atoms with Gasteiger partial charge in [-0.05, 0) is 24.5 Å². The highest BCUT2D eigenvalue weighted by Crippen LogP contribution is 2.52. The van der Waals surface area contributed by atoms with Crippen LogP contribution in [-0.2, 0) is 4.79 Å². The quantitative estimate of drug-likeness (QED) is 0.896. The van der Waals surface area contributed by atoms with Crippen LogP contribution in [0.25, 0.3) is 0 Å². The Labute approximate surface area is 103 Å². The number of nitrogens with zero attached hydrogens (tertiary/aromatic N) is 1. The van der Waals surface area contributed by atoms with Crippen molar-refractivity contribution in [2.75, 3.05) is 5.32 Å². The van der Waals surface area contributed by atoms with Gasteiger partial charge in [-0.15, -0.1) is 0 Å². The molecule has 1 fully saturated rings. The Bertz CT molecular complexity index is 524. The lowest BCUT2D eigenvalue weighted by molar-refractivity contribution is -0.119. The van der Waals surface area contributed by atoms with Gasteiger partial charge in [-0.2, -0.15) is 5.26 Å². The Morgan fingerprint density at radius 1 is 1.61 bits per heavy atom. The van der Waals surface area contributed by atoms with E-state index in [1.807, 2.05) is 13.0 Å². The van der Waals surface area contributed by atoms with Crippen LogP contribution >= 0.6 is 0 Å². The molecule has 1 aromatic carbocycles. The summed E-state index contributed by atoms with van der Waals surface area (Å²) in [5, 5.41) is 11.5. The average Bonchev–Trinajstić information content (AvgIpc) is 3.02. The predicted molar refractivity (Wildman–Crippen MR) is 61.9 cm³/mol. The number of halogens is 2. The van der Waals surface area contributed by atoms with E-state index in [0.29, 0.717) is 12.1 Å². The van der Waals surface area contributed by atoms with Crippen molar-refractivity contribution in [3.63, 3.8) is 0 Å². The fraction of sp³-hybridized carbons (Fsp3) is 0.385. The second-order valence-corrected chi connectivity index (χ2v) is 4.57. The maximum atomic E-state index is 12.5. The maximum Gasteiger partial charge on any atom is 0.263 e. The minimum atomic E-state index is -2.58. The molecule has 0 aliphatic heterocycles. The van der Waals surface area contributed by atoms with Crippen molar-refractivity contribution in [3.8, 4) is 6.07 Å². The summed E-state index contributed by atoms with van der Waals surface area (Å²) in [6.07, 6.45) is -2.06. The Morgan fingerprint density at radius 3 is 2.78 bits per heavy atom. The van der Waals surface area contributed by atoms with Gasteiger partial charge in [0.1, 0.15) is 5.41 Å². The second-order valence-electron chi connectivity index (χ2n) is 4.57. The molecular weight excluding hydrogens is 238 g/mol. The Balaban J connectivity index is 2.13. The van der Waals surface area contributed by atoms with E-state index in [2.05, 4.69) is 5.32 Å². The van der Waals surface area contributed by atoms with E-state index in [9.17, 15) is 13.6 Å². The summed E-state index contributed by atoms with van der Waals surface area (Å²) in [6, 6.07) is 7.49. The summed E-state index contributed by atoms with van der Waals surface area (Å²) in [7, 11) is 0. The molecule has 0 radical (unpaired) electrons. The van der Waals surface area contributed by atoms with Crippen LogP contribution < -0.4 is 5.32 Å². The zero-order valence-electron chi connectivity index (χ0n) is 9.78. The summed E-state index contributed by atoms with van der Waals surface area (Å²) in [5.74, 6) is -0.398. The number of nitrogens with one attached hydrogen (secondary N) is 1. The predicted octanol–water partition coefficient (Wildman–Crippen LogP) is 3.11. The fourth-order valence-corrected chi connectivity index (χ4v) is 1.94. The molecule has 0 bridgehead atoms. The topological polar surface area (TPSA) is 52.9 Å². The molecule has 0 unspecified atom stereocenters. The van der Waals surface area contributed by atoms with E-state index in [1.54, 1.807) is 0 Å². The Kier molecular flexibility index (Phi) is 3.04. The number of hydrogen-bond donors (Lipinski definition) is 1. The monoisotopic (exact) mass is 250 g/mol. The van der Waals surface area contributed by atoms with Crippen LogP contribution in [-0.4, -0.2) is 5.91 Å². The van der Waals surface area contributed by atoms with E-state index >= 15 is 0 Å². The lowest BCUT2D eigenvalue weighted by Gasteiger charge is -2.10. The highest BCUT2D eigenvalue weighted by atomic mass is 19.3. The van der Waals surface area contributed by atoms with Gasteiger partial charge in [0.05, 0.1) is 6.07 Å². The van der Waals surface area contributed by atoms with Gasteiger partial charge >= 0.3 is 0 Å². The van der Waals surface area contributed by atoms with Crippen LogP contribution in [0.1, 0.15) is 25.3 Å². The van der Waals surface area contributed by atoms with Gasteiger partial charge < -0.3 is 5.32 Å². The van der Waals surface area contributed by atoms with Crippen molar-refractivity contribution < 1.29 is 13.6 Å². The number of anilines is 1. The number of alkyl halides is 2. The molecule has 0 aromatic heterocycles. The number of amides is 1. The summed E-state index contributed by atoms with van der Waals surface area (Å²) in [4.78, 5) is 11.9. The molecule has 94 valence electrons. The summed E-state index contributed by atoms with van der Waals surface area (Å²) in [6.45, 7) is 1.82. The van der Waals surface area contributed by atoms with Crippen molar-refractivity contribution in [3.05, 3.63) is 29.8 Å². The van der Waals surface area contributed by atoms with Crippen LogP contribution in [0.4, 0.5) is 14.5 Å². The molecule has 2 atom stereocenters. The third-order valence-electron chi connectivity index (χ3n) is 3.31.